The topological polar surface area (TPSA) is 49.3 Å². The van der Waals surface area contributed by atoms with Crippen LogP contribution in [0.2, 0.25) is 0 Å². The molecule has 0 unspecified atom stereocenters. The molecule has 0 heterocycles. The molecule has 0 aromatic heterocycles. The minimum atomic E-state index is -0.515. The van der Waals surface area contributed by atoms with Gasteiger partial charge in [-0.3, -0.25) is 4.79 Å². The number of hydrogen-bond donors (Lipinski definition) is 3. The molecule has 3 nitrogen and oxygen atoms in total. The molecule has 0 spiro atoms. The second-order valence-electron chi connectivity index (χ2n) is 1.36. The van der Waals surface area contributed by atoms with Crippen LogP contribution < -0.4 is 5.32 Å². The molecule has 0 aliphatic heterocycles. The second kappa shape index (κ2) is 3.88. The average molecular weight is 135 g/mol. The van der Waals surface area contributed by atoms with Gasteiger partial charge in [-0.15, -0.1) is 12.6 Å². The van der Waals surface area contributed by atoms with Crippen molar-refractivity contribution >= 4 is 17.7 Å². The molecular weight excluding hydrogens is 126 g/mol. The largest absolute Gasteiger partial charge is 0.394 e. The smallest absolute Gasteiger partial charge is 0.205 e. The fraction of sp³-hybridized carbons (Fsp3) is 0.750. The normalized spacial score (nSPS) is 13.4. The summed E-state index contributed by atoms with van der Waals surface area (Å²) in [6, 6.07) is -0.515. The molecule has 0 bridgehead atoms. The van der Waals surface area contributed by atoms with Gasteiger partial charge in [-0.25, -0.2) is 0 Å². The van der Waals surface area contributed by atoms with E-state index in [0.717, 1.165) is 0 Å². The lowest BCUT2D eigenvalue weighted by Crippen LogP contribution is -2.34. The SMILES string of the molecule is CN[C@@H](CO)C(=O)S. The van der Waals surface area contributed by atoms with Crippen LogP contribution in [-0.2, 0) is 4.79 Å². The molecule has 0 saturated carbocycles. The van der Waals surface area contributed by atoms with E-state index in [1.807, 2.05) is 0 Å². The van der Waals surface area contributed by atoms with Gasteiger partial charge in [0.25, 0.3) is 0 Å². The third kappa shape index (κ3) is 2.30. The van der Waals surface area contributed by atoms with Crippen molar-refractivity contribution in [3.05, 3.63) is 0 Å². The number of aliphatic hydroxyl groups excluding tert-OH is 1. The highest BCUT2D eigenvalue weighted by atomic mass is 32.1. The Morgan fingerprint density at radius 2 is 2.50 bits per heavy atom. The maximum absolute atomic E-state index is 10.2. The van der Waals surface area contributed by atoms with Crippen LogP contribution in [0.4, 0.5) is 0 Å². The Kier molecular flexibility index (Phi) is 3.85. The first-order chi connectivity index (χ1) is 3.72. The van der Waals surface area contributed by atoms with Crippen molar-refractivity contribution in [2.24, 2.45) is 0 Å². The van der Waals surface area contributed by atoms with E-state index in [-0.39, 0.29) is 11.7 Å². The van der Waals surface area contributed by atoms with E-state index < -0.39 is 6.04 Å². The molecule has 1 atom stereocenters. The highest BCUT2D eigenvalue weighted by Crippen LogP contribution is 1.86. The van der Waals surface area contributed by atoms with Crippen molar-refractivity contribution in [2.75, 3.05) is 13.7 Å². The van der Waals surface area contributed by atoms with Crippen LogP contribution in [0.5, 0.6) is 0 Å². The zero-order valence-electron chi connectivity index (χ0n) is 4.59. The molecule has 48 valence electrons. The zero-order chi connectivity index (χ0) is 6.57. The maximum Gasteiger partial charge on any atom is 0.205 e. The Bertz CT molecular complexity index is 82.1. The Labute approximate surface area is 53.5 Å². The Morgan fingerprint density at radius 1 is 2.00 bits per heavy atom. The van der Waals surface area contributed by atoms with Crippen LogP contribution in [0.25, 0.3) is 0 Å². The van der Waals surface area contributed by atoms with Crippen LogP contribution in [0.15, 0.2) is 0 Å². The summed E-state index contributed by atoms with van der Waals surface area (Å²) < 4.78 is 0. The van der Waals surface area contributed by atoms with Crippen LogP contribution in [0.3, 0.4) is 0 Å². The first kappa shape index (κ1) is 7.94. The molecule has 0 aromatic rings. The number of hydrogen-bond acceptors (Lipinski definition) is 3. The number of nitrogens with one attached hydrogen (secondary N) is 1. The lowest BCUT2D eigenvalue weighted by molar-refractivity contribution is -0.113. The summed E-state index contributed by atoms with van der Waals surface area (Å²) in [6.07, 6.45) is 0. The van der Waals surface area contributed by atoms with E-state index in [0.29, 0.717) is 0 Å². The number of carbonyl (C=O) groups is 1. The van der Waals surface area contributed by atoms with Gasteiger partial charge in [-0.2, -0.15) is 0 Å². The predicted octanol–water partition coefficient (Wildman–Crippen LogP) is -0.977. The van der Waals surface area contributed by atoms with Crippen molar-refractivity contribution in [3.8, 4) is 0 Å². The number of rotatable bonds is 3. The zero-order valence-corrected chi connectivity index (χ0v) is 5.48. The summed E-state index contributed by atoms with van der Waals surface area (Å²) in [5, 5.41) is 10.6. The van der Waals surface area contributed by atoms with Crippen molar-refractivity contribution in [3.63, 3.8) is 0 Å². The molecule has 0 fully saturated rings. The molecular formula is C4H9NO2S. The van der Waals surface area contributed by atoms with Gasteiger partial charge in [0.1, 0.15) is 0 Å². The van der Waals surface area contributed by atoms with Gasteiger partial charge in [0.05, 0.1) is 12.6 Å². The number of likely N-dealkylation sites (N-methyl/N-ethyl adjacent to an activating group) is 1. The van der Waals surface area contributed by atoms with E-state index >= 15 is 0 Å². The van der Waals surface area contributed by atoms with Crippen LogP contribution in [0.1, 0.15) is 0 Å². The van der Waals surface area contributed by atoms with Crippen molar-refractivity contribution in [1.29, 1.82) is 0 Å². The van der Waals surface area contributed by atoms with E-state index in [9.17, 15) is 4.79 Å². The molecule has 0 rings (SSSR count). The lowest BCUT2D eigenvalue weighted by atomic mass is 10.4. The highest BCUT2D eigenvalue weighted by molar-refractivity contribution is 7.96. The van der Waals surface area contributed by atoms with Crippen LogP contribution in [0, 0.1) is 0 Å². The minimum absolute atomic E-state index is 0.196. The summed E-state index contributed by atoms with van der Waals surface area (Å²) in [5.74, 6) is 0. The molecule has 0 aromatic carbocycles. The van der Waals surface area contributed by atoms with E-state index in [2.05, 4.69) is 17.9 Å². The molecule has 0 amide bonds. The predicted molar refractivity (Wildman–Crippen MR) is 33.9 cm³/mol. The summed E-state index contributed by atoms with van der Waals surface area (Å²) in [7, 11) is 1.59. The van der Waals surface area contributed by atoms with Gasteiger partial charge < -0.3 is 10.4 Å². The Balaban J connectivity index is 3.52. The number of carbonyl (C=O) groups excluding carboxylic acids is 1. The van der Waals surface area contributed by atoms with Gasteiger partial charge in [0.15, 0.2) is 0 Å². The fourth-order valence-corrected chi connectivity index (χ4v) is 0.504. The highest BCUT2D eigenvalue weighted by Gasteiger charge is 2.08. The number of aliphatic hydroxyl groups is 1. The first-order valence-corrected chi connectivity index (χ1v) is 2.68. The summed E-state index contributed by atoms with van der Waals surface area (Å²) >= 11 is 3.49. The first-order valence-electron chi connectivity index (χ1n) is 2.23. The quantitative estimate of drug-likeness (QED) is 0.436. The molecule has 0 aliphatic carbocycles. The molecule has 4 heteroatoms. The standard InChI is InChI=1S/C4H9NO2S/c1-5-3(2-6)4(7)8/h3,5-6H,2H2,1H3,(H,7,8)/t3-/m0/s1. The van der Waals surface area contributed by atoms with E-state index in [4.69, 9.17) is 5.11 Å². The summed E-state index contributed by atoms with van der Waals surface area (Å²) in [4.78, 5) is 10.2. The van der Waals surface area contributed by atoms with Crippen LogP contribution in [-0.4, -0.2) is 29.9 Å². The molecule has 0 aliphatic rings. The monoisotopic (exact) mass is 135 g/mol. The van der Waals surface area contributed by atoms with Gasteiger partial charge in [0, 0.05) is 0 Å². The lowest BCUT2D eigenvalue weighted by Gasteiger charge is -2.05. The van der Waals surface area contributed by atoms with Gasteiger partial charge in [-0.1, -0.05) is 0 Å². The van der Waals surface area contributed by atoms with E-state index in [1.54, 1.807) is 7.05 Å². The molecule has 0 radical (unpaired) electrons. The van der Waals surface area contributed by atoms with E-state index in [1.165, 1.54) is 0 Å². The summed E-state index contributed by atoms with van der Waals surface area (Å²) in [5.41, 5.74) is 0. The Hall–Kier alpha value is -0.0600. The number of thiol groups is 1. The van der Waals surface area contributed by atoms with Crippen molar-refractivity contribution < 1.29 is 9.90 Å². The third-order valence-corrected chi connectivity index (χ3v) is 1.14. The molecule has 0 saturated heterocycles. The van der Waals surface area contributed by atoms with Gasteiger partial charge in [-0.05, 0) is 7.05 Å². The second-order valence-corrected chi connectivity index (χ2v) is 1.80. The average Bonchev–Trinajstić information content (AvgIpc) is 1.69. The Morgan fingerprint density at radius 3 is 2.50 bits per heavy atom. The van der Waals surface area contributed by atoms with Crippen molar-refractivity contribution in [1.82, 2.24) is 5.32 Å². The van der Waals surface area contributed by atoms with Gasteiger partial charge in [0.2, 0.25) is 5.12 Å². The minimum Gasteiger partial charge on any atom is -0.394 e. The third-order valence-electron chi connectivity index (χ3n) is 0.829. The van der Waals surface area contributed by atoms with Crippen molar-refractivity contribution in [2.45, 2.75) is 6.04 Å². The van der Waals surface area contributed by atoms with Crippen LogP contribution >= 0.6 is 12.6 Å². The fourth-order valence-electron chi connectivity index (χ4n) is 0.293. The molecule has 2 N–H and O–H groups in total. The van der Waals surface area contributed by atoms with Gasteiger partial charge >= 0.3 is 0 Å². The molecule has 8 heavy (non-hydrogen) atoms. The maximum atomic E-state index is 10.2. The summed E-state index contributed by atoms with van der Waals surface area (Å²) in [6.45, 7) is -0.196.